The number of carbonyl (C=O) groups is 2. The van der Waals surface area contributed by atoms with E-state index < -0.39 is 19.8 Å². The molecule has 0 unspecified atom stereocenters. The molecule has 1 spiro atoms. The molecule has 1 aromatic heterocycles. The number of nitrogens with zero attached hydrogens (tertiary/aromatic N) is 3. The van der Waals surface area contributed by atoms with Gasteiger partial charge in [0, 0.05) is 29.6 Å². The number of amides is 2. The van der Waals surface area contributed by atoms with Gasteiger partial charge < -0.3 is 24.4 Å². The lowest BCUT2D eigenvalue weighted by atomic mass is 9.82. The number of hydrogen-bond acceptors (Lipinski definition) is 6. The fraction of sp³-hybridized carbons (Fsp3) is 0.283. The van der Waals surface area contributed by atoms with E-state index in [-0.39, 0.29) is 54.9 Å². The van der Waals surface area contributed by atoms with Gasteiger partial charge in [-0.1, -0.05) is 104 Å². The van der Waals surface area contributed by atoms with Crippen molar-refractivity contribution >= 4 is 53.3 Å². The van der Waals surface area contributed by atoms with Crippen molar-refractivity contribution in [2.24, 2.45) is 5.92 Å². The first-order chi connectivity index (χ1) is 28.0. The Labute approximate surface area is 343 Å². The summed E-state index contributed by atoms with van der Waals surface area (Å²) in [5.74, 6) is 0.0451. The van der Waals surface area contributed by atoms with Crippen LogP contribution in [0.2, 0.25) is 23.7 Å². The van der Waals surface area contributed by atoms with Gasteiger partial charge in [0.25, 0.3) is 11.5 Å². The smallest absolute Gasteiger partial charge is 0.279 e. The minimum absolute atomic E-state index is 0.0357. The first kappa shape index (κ1) is 39.4. The van der Waals surface area contributed by atoms with Gasteiger partial charge in [-0.25, -0.2) is 4.68 Å². The topological polar surface area (TPSA) is 117 Å². The number of aromatic nitrogens is 2. The fourth-order valence-corrected chi connectivity index (χ4v) is 13.5. The van der Waals surface area contributed by atoms with Gasteiger partial charge in [0.15, 0.2) is 5.60 Å². The predicted molar refractivity (Wildman–Crippen MR) is 230 cm³/mol. The summed E-state index contributed by atoms with van der Waals surface area (Å²) >= 11 is 6.73. The molecule has 1 saturated heterocycles. The van der Waals surface area contributed by atoms with Gasteiger partial charge in [0.05, 0.1) is 63.1 Å². The maximum absolute atomic E-state index is 15.3. The summed E-state index contributed by atoms with van der Waals surface area (Å²) in [5, 5.41) is 15.5. The number of nitrogens with one attached hydrogen (secondary N) is 1. The summed E-state index contributed by atoms with van der Waals surface area (Å²) in [7, 11) is -0.906. The Morgan fingerprint density at radius 2 is 1.64 bits per heavy atom. The molecule has 3 heterocycles. The van der Waals surface area contributed by atoms with Crippen LogP contribution < -0.4 is 20.4 Å². The molecule has 8 rings (SSSR count). The van der Waals surface area contributed by atoms with Crippen LogP contribution in [0.25, 0.3) is 16.6 Å². The van der Waals surface area contributed by atoms with Crippen LogP contribution in [0, 0.1) is 5.92 Å². The van der Waals surface area contributed by atoms with E-state index in [1.54, 1.807) is 29.0 Å². The van der Waals surface area contributed by atoms with Crippen LogP contribution in [-0.2, 0) is 33.0 Å². The highest BCUT2D eigenvalue weighted by Crippen LogP contribution is 2.60. The second-order valence-corrected chi connectivity index (χ2v) is 21.0. The first-order valence-electron chi connectivity index (χ1n) is 19.6. The fourth-order valence-electron chi connectivity index (χ4n) is 9.33. The molecule has 0 bridgehead atoms. The van der Waals surface area contributed by atoms with E-state index in [0.29, 0.717) is 33.9 Å². The second-order valence-electron chi connectivity index (χ2n) is 15.9. The van der Waals surface area contributed by atoms with Crippen LogP contribution in [-0.4, -0.2) is 66.0 Å². The van der Waals surface area contributed by atoms with Crippen LogP contribution in [0.4, 0.5) is 5.69 Å². The molecule has 6 aromatic rings. The Kier molecular flexibility index (Phi) is 10.7. The van der Waals surface area contributed by atoms with E-state index in [9.17, 15) is 14.7 Å². The van der Waals surface area contributed by atoms with Crippen LogP contribution in [0.15, 0.2) is 126 Å². The van der Waals surface area contributed by atoms with E-state index >= 15 is 4.79 Å². The number of carbonyl (C=O) groups excluding carboxylic acids is 2. The third kappa shape index (κ3) is 6.85. The van der Waals surface area contributed by atoms with Gasteiger partial charge >= 0.3 is 0 Å². The maximum atomic E-state index is 15.3. The highest BCUT2D eigenvalue weighted by molar-refractivity contribution is 6.91. The molecule has 5 aromatic carbocycles. The number of aliphatic hydroxyl groups excluding tert-OH is 1. The lowest BCUT2D eigenvalue weighted by Crippen LogP contribution is -2.52. The van der Waals surface area contributed by atoms with E-state index in [0.717, 1.165) is 27.6 Å². The van der Waals surface area contributed by atoms with Crippen LogP contribution >= 0.6 is 11.6 Å². The van der Waals surface area contributed by atoms with E-state index in [1.165, 1.54) is 4.68 Å². The quantitative estimate of drug-likeness (QED) is 0.127. The zero-order valence-corrected chi connectivity index (χ0v) is 34.8. The van der Waals surface area contributed by atoms with Gasteiger partial charge in [-0.2, -0.15) is 0 Å². The van der Waals surface area contributed by atoms with Crippen molar-refractivity contribution in [2.45, 2.75) is 56.8 Å². The number of methoxy groups -OCH3 is 1. The highest BCUT2D eigenvalue weighted by Gasteiger charge is 2.66. The first-order valence-corrected chi connectivity index (χ1v) is 23.1. The molecule has 10 nitrogen and oxygen atoms in total. The average molecular weight is 815 g/mol. The molecule has 1 fully saturated rings. The predicted octanol–water partition coefficient (Wildman–Crippen LogP) is 7.15. The number of para-hydroxylation sites is 1. The summed E-state index contributed by atoms with van der Waals surface area (Å²) in [6.07, 6.45) is -0.582. The average Bonchev–Trinajstić information content (AvgIpc) is 3.81. The highest BCUT2D eigenvalue weighted by atomic mass is 35.5. The molecule has 0 radical (unpaired) electrons. The number of rotatable bonds is 12. The maximum Gasteiger partial charge on any atom is 0.279 e. The molecular weight excluding hydrogens is 768 g/mol. The largest absolute Gasteiger partial charge is 0.497 e. The lowest BCUT2D eigenvalue weighted by molar-refractivity contribution is -0.150. The summed E-state index contributed by atoms with van der Waals surface area (Å²) in [5.41, 5.74) is 2.91. The molecule has 2 aliphatic rings. The monoisotopic (exact) mass is 814 g/mol. The molecule has 2 N–H and O–H groups in total. The van der Waals surface area contributed by atoms with Crippen LogP contribution in [0.3, 0.4) is 0 Å². The Bertz CT molecular complexity index is 2520. The number of hydrogen-bond donors (Lipinski definition) is 2. The van der Waals surface area contributed by atoms with Gasteiger partial charge in [-0.15, -0.1) is 0 Å². The number of fused-ring (bicyclic) bond motifs is 3. The minimum Gasteiger partial charge on any atom is -0.497 e. The number of H-pyrrole nitrogens is 1. The van der Waals surface area contributed by atoms with Gasteiger partial charge in [-0.3, -0.25) is 19.5 Å². The van der Waals surface area contributed by atoms with Crippen molar-refractivity contribution < 1.29 is 24.2 Å². The van der Waals surface area contributed by atoms with Crippen LogP contribution in [0.1, 0.15) is 30.0 Å². The normalized spacial score (nSPS) is 20.2. The van der Waals surface area contributed by atoms with Crippen molar-refractivity contribution in [1.82, 2.24) is 14.7 Å². The van der Waals surface area contributed by atoms with Crippen molar-refractivity contribution in [3.63, 3.8) is 0 Å². The number of ether oxygens (including phenoxy) is 2. The van der Waals surface area contributed by atoms with Gasteiger partial charge in [0.2, 0.25) is 5.91 Å². The SMILES string of the molecule is COc1ccc([Si](C)(C)[C@@H]2[C@@H](CC(=O)N(CCO)Cc3ccccc3)O[C@]3(C(=O)N(Cc4ccc(-n5[nH]c6ccccc6c5=O)cc4)c4ccc(Cl)cc43)[C@H]2C)cc1. The minimum atomic E-state index is -2.55. The molecule has 2 amide bonds. The second kappa shape index (κ2) is 15.7. The molecule has 0 saturated carbocycles. The van der Waals surface area contributed by atoms with Gasteiger partial charge in [0.1, 0.15) is 5.75 Å². The van der Waals surface area contributed by atoms with Crippen molar-refractivity contribution in [3.05, 3.63) is 153 Å². The molecule has 12 heteroatoms. The zero-order valence-electron chi connectivity index (χ0n) is 33.0. The molecule has 298 valence electrons. The third-order valence-corrected chi connectivity index (χ3v) is 16.8. The van der Waals surface area contributed by atoms with E-state index in [1.807, 2.05) is 97.1 Å². The number of halogens is 1. The van der Waals surface area contributed by atoms with E-state index in [4.69, 9.17) is 21.1 Å². The standard InChI is InChI=1S/C46H47ClN4O6Si/c1-30-43(58(3,4)36-21-19-35(56-2)20-22-36)41(27-42(53)49(24-25-52)28-31-10-6-5-7-11-31)57-46(30)38-26-33(47)16-23-40(38)50(45(46)55)29-32-14-17-34(18-15-32)51-44(54)37-12-8-9-13-39(37)48-51/h5-23,26,30,41,43,48,52H,24-25,27-29H2,1-4H3/t30-,41+,43-,46+/m0/s1. The Hall–Kier alpha value is -5.46. The molecule has 2 aliphatic heterocycles. The third-order valence-electron chi connectivity index (χ3n) is 12.2. The number of aromatic amines is 1. The molecule has 58 heavy (non-hydrogen) atoms. The van der Waals surface area contributed by atoms with Crippen molar-refractivity contribution in [1.29, 1.82) is 0 Å². The van der Waals surface area contributed by atoms with Gasteiger partial charge in [-0.05, 0) is 71.3 Å². The Morgan fingerprint density at radius 3 is 2.33 bits per heavy atom. The molecule has 4 atom stereocenters. The molecular formula is C46H47ClN4O6Si. The number of benzene rings is 5. The summed E-state index contributed by atoms with van der Waals surface area (Å²) in [6.45, 7) is 7.23. The summed E-state index contributed by atoms with van der Waals surface area (Å²) < 4.78 is 14.2. The number of anilines is 1. The zero-order chi connectivity index (χ0) is 40.8. The summed E-state index contributed by atoms with van der Waals surface area (Å²) in [6, 6.07) is 38.3. The molecule has 0 aliphatic carbocycles. The van der Waals surface area contributed by atoms with Crippen molar-refractivity contribution in [3.8, 4) is 11.4 Å². The summed E-state index contributed by atoms with van der Waals surface area (Å²) in [4.78, 5) is 46.3. The van der Waals surface area contributed by atoms with E-state index in [2.05, 4.69) is 37.2 Å². The lowest BCUT2D eigenvalue weighted by Gasteiger charge is -2.37. The Morgan fingerprint density at radius 1 is 0.931 bits per heavy atom. The van der Waals surface area contributed by atoms with Crippen molar-refractivity contribution in [2.75, 3.05) is 25.2 Å². The Balaban J connectivity index is 1.16. The number of aliphatic hydroxyl groups is 1. The van der Waals surface area contributed by atoms with Crippen LogP contribution in [0.5, 0.6) is 5.75 Å².